The van der Waals surface area contributed by atoms with Crippen LogP contribution in [0.4, 0.5) is 0 Å². The van der Waals surface area contributed by atoms with Gasteiger partial charge in [-0.1, -0.05) is 72.8 Å². The fourth-order valence-electron chi connectivity index (χ4n) is 6.11. The Morgan fingerprint density at radius 2 is 0.826 bits per heavy atom. The van der Waals surface area contributed by atoms with Crippen molar-refractivity contribution in [3.8, 4) is 62.2 Å². The molecule has 0 spiro atoms. The lowest BCUT2D eigenvalue weighted by atomic mass is 9.85. The number of nitrogens with zero attached hydrogens (tertiary/aromatic N) is 4. The van der Waals surface area contributed by atoms with Gasteiger partial charge in [-0.25, -0.2) is 4.98 Å². The predicted octanol–water partition coefficient (Wildman–Crippen LogP) is 10.4. The maximum atomic E-state index is 9.48. The van der Waals surface area contributed by atoms with Crippen molar-refractivity contribution in [2.45, 2.75) is 0 Å². The Bertz CT molecular complexity index is 2350. The van der Waals surface area contributed by atoms with Gasteiger partial charge in [0, 0.05) is 12.4 Å². The Kier molecular flexibility index (Phi) is 6.83. The van der Waals surface area contributed by atoms with Gasteiger partial charge in [-0.05, 0) is 128 Å². The largest absolute Gasteiger partial charge is 0.255 e. The molecule has 5 aromatic carbocycles. The van der Waals surface area contributed by atoms with Gasteiger partial charge in [0.15, 0.2) is 0 Å². The molecule has 4 nitrogen and oxygen atoms in total. The van der Waals surface area contributed by atoms with E-state index in [1.165, 1.54) is 0 Å². The van der Waals surface area contributed by atoms with Crippen LogP contribution >= 0.6 is 0 Å². The van der Waals surface area contributed by atoms with Crippen LogP contribution in [0.25, 0.3) is 77.7 Å². The van der Waals surface area contributed by atoms with Crippen molar-refractivity contribution in [3.63, 3.8) is 0 Å². The first-order chi connectivity index (χ1) is 22.7. The fraction of sp³-hybridized carbons (Fsp3) is 0. The maximum absolute atomic E-state index is 9.48. The van der Waals surface area contributed by atoms with Crippen LogP contribution in [0.2, 0.25) is 0 Å². The molecule has 8 aromatic rings. The van der Waals surface area contributed by atoms with Crippen molar-refractivity contribution in [1.82, 2.24) is 15.0 Å². The maximum Gasteiger partial charge on any atom is 0.0991 e. The lowest BCUT2D eigenvalue weighted by Crippen LogP contribution is -1.96. The minimum atomic E-state index is 0.637. The molecule has 0 saturated carbocycles. The molecule has 0 radical (unpaired) electrons. The molecule has 0 N–H and O–H groups in total. The summed E-state index contributed by atoms with van der Waals surface area (Å²) in [6, 6.07) is 52.2. The van der Waals surface area contributed by atoms with Gasteiger partial charge in [0.2, 0.25) is 0 Å². The number of fused-ring (bicyclic) bond motifs is 2. The highest BCUT2D eigenvalue weighted by molar-refractivity contribution is 6.04. The molecule has 3 heterocycles. The van der Waals surface area contributed by atoms with Crippen molar-refractivity contribution in [2.75, 3.05) is 0 Å². The first kappa shape index (κ1) is 27.1. The first-order valence-corrected chi connectivity index (χ1v) is 15.2. The Hall–Kier alpha value is -6.44. The number of hydrogen-bond donors (Lipinski definition) is 0. The third-order valence-electron chi connectivity index (χ3n) is 8.38. The molecule has 0 unspecified atom stereocenters. The summed E-state index contributed by atoms with van der Waals surface area (Å²) in [5.41, 5.74) is 10.3. The van der Waals surface area contributed by atoms with Gasteiger partial charge in [0.05, 0.1) is 34.4 Å². The van der Waals surface area contributed by atoms with Crippen LogP contribution in [0, 0.1) is 11.3 Å². The van der Waals surface area contributed by atoms with Crippen molar-refractivity contribution in [2.24, 2.45) is 0 Å². The highest BCUT2D eigenvalue weighted by Crippen LogP contribution is 2.43. The van der Waals surface area contributed by atoms with Crippen molar-refractivity contribution >= 4 is 21.5 Å². The third-order valence-corrected chi connectivity index (χ3v) is 8.38. The minimum Gasteiger partial charge on any atom is -0.255 e. The van der Waals surface area contributed by atoms with E-state index in [-0.39, 0.29) is 0 Å². The van der Waals surface area contributed by atoms with E-state index in [4.69, 9.17) is 4.98 Å². The smallest absolute Gasteiger partial charge is 0.0991 e. The molecule has 3 aromatic heterocycles. The van der Waals surface area contributed by atoms with Crippen LogP contribution in [-0.4, -0.2) is 15.0 Å². The molecular weight excluding hydrogens is 560 g/mol. The van der Waals surface area contributed by atoms with Gasteiger partial charge in [-0.2, -0.15) is 5.26 Å². The summed E-state index contributed by atoms with van der Waals surface area (Å²) in [6.45, 7) is 0. The van der Waals surface area contributed by atoms with Crippen LogP contribution in [-0.2, 0) is 0 Å². The Labute approximate surface area is 266 Å². The van der Waals surface area contributed by atoms with E-state index >= 15 is 0 Å². The Morgan fingerprint density at radius 3 is 1.26 bits per heavy atom. The van der Waals surface area contributed by atoms with E-state index in [0.717, 1.165) is 77.7 Å². The van der Waals surface area contributed by atoms with E-state index in [0.29, 0.717) is 5.56 Å². The molecule has 0 saturated heterocycles. The third kappa shape index (κ3) is 5.06. The van der Waals surface area contributed by atoms with Crippen molar-refractivity contribution < 1.29 is 0 Å². The zero-order valence-corrected chi connectivity index (χ0v) is 24.8. The van der Waals surface area contributed by atoms with E-state index < -0.39 is 0 Å². The van der Waals surface area contributed by atoms with E-state index in [9.17, 15) is 5.26 Å². The first-order valence-electron chi connectivity index (χ1n) is 15.2. The summed E-state index contributed by atoms with van der Waals surface area (Å²) in [6.07, 6.45) is 3.59. The molecule has 0 aliphatic carbocycles. The molecule has 4 heteroatoms. The van der Waals surface area contributed by atoms with Gasteiger partial charge in [0.25, 0.3) is 0 Å². The summed E-state index contributed by atoms with van der Waals surface area (Å²) < 4.78 is 0. The molecule has 0 aliphatic rings. The summed E-state index contributed by atoms with van der Waals surface area (Å²) in [5.74, 6) is 0. The average molecular weight is 587 g/mol. The van der Waals surface area contributed by atoms with Crippen molar-refractivity contribution in [1.29, 1.82) is 5.26 Å². The molecular formula is C42H26N4. The van der Waals surface area contributed by atoms with Crippen LogP contribution in [0.5, 0.6) is 0 Å². The number of rotatable bonds is 5. The highest BCUT2D eigenvalue weighted by Gasteiger charge is 2.18. The van der Waals surface area contributed by atoms with E-state index in [2.05, 4.69) is 101 Å². The van der Waals surface area contributed by atoms with Gasteiger partial charge in [-0.3, -0.25) is 9.97 Å². The van der Waals surface area contributed by atoms with Gasteiger partial charge in [-0.15, -0.1) is 0 Å². The lowest BCUT2D eigenvalue weighted by Gasteiger charge is -2.18. The molecule has 0 amide bonds. The second-order valence-corrected chi connectivity index (χ2v) is 11.2. The van der Waals surface area contributed by atoms with Crippen LogP contribution < -0.4 is 0 Å². The zero-order chi connectivity index (χ0) is 30.9. The van der Waals surface area contributed by atoms with Crippen LogP contribution in [0.3, 0.4) is 0 Å². The van der Waals surface area contributed by atoms with Gasteiger partial charge in [0.1, 0.15) is 0 Å². The van der Waals surface area contributed by atoms with E-state index in [1.807, 2.05) is 60.7 Å². The quantitative estimate of drug-likeness (QED) is 0.201. The van der Waals surface area contributed by atoms with Crippen LogP contribution in [0.15, 0.2) is 158 Å². The monoisotopic (exact) mass is 586 g/mol. The van der Waals surface area contributed by atoms with Gasteiger partial charge < -0.3 is 0 Å². The molecule has 0 atom stereocenters. The number of aromatic nitrogens is 3. The normalized spacial score (nSPS) is 11.0. The topological polar surface area (TPSA) is 62.5 Å². The molecule has 0 fully saturated rings. The second-order valence-electron chi connectivity index (χ2n) is 11.2. The Balaban J connectivity index is 1.45. The van der Waals surface area contributed by atoms with Gasteiger partial charge >= 0.3 is 0 Å². The Morgan fingerprint density at radius 1 is 0.391 bits per heavy atom. The minimum absolute atomic E-state index is 0.637. The summed E-state index contributed by atoms with van der Waals surface area (Å²) in [5, 5.41) is 14.1. The summed E-state index contributed by atoms with van der Waals surface area (Å²) >= 11 is 0. The standard InChI is InChI=1S/C42H26N4/c43-27-28-15-17-29(18-16-28)35-21-30-9-1-3-11-32(30)23-37(35)38-24-33-12-4-2-10-31(33)22-36(38)34-25-41(39-13-5-7-19-44-39)46-42(26-34)40-14-6-8-20-45-40/h1-26H. The molecule has 46 heavy (non-hydrogen) atoms. The SMILES string of the molecule is N#Cc1ccc(-c2cc3ccccc3cc2-c2cc3ccccc3cc2-c2cc(-c3ccccn3)nc(-c3ccccn3)c2)cc1. The fourth-order valence-corrected chi connectivity index (χ4v) is 6.11. The number of nitriles is 1. The number of pyridine rings is 3. The summed E-state index contributed by atoms with van der Waals surface area (Å²) in [7, 11) is 0. The molecule has 8 rings (SSSR count). The number of benzene rings is 5. The van der Waals surface area contributed by atoms with Crippen LogP contribution in [0.1, 0.15) is 5.56 Å². The highest BCUT2D eigenvalue weighted by atomic mass is 14.8. The molecule has 0 bridgehead atoms. The molecule has 214 valence electrons. The predicted molar refractivity (Wildman–Crippen MR) is 187 cm³/mol. The summed E-state index contributed by atoms with van der Waals surface area (Å²) in [4.78, 5) is 14.3. The molecule has 0 aliphatic heterocycles. The lowest BCUT2D eigenvalue weighted by molar-refractivity contribution is 1.22. The second kappa shape index (κ2) is 11.6. The van der Waals surface area contributed by atoms with Crippen molar-refractivity contribution in [3.05, 3.63) is 164 Å². The zero-order valence-electron chi connectivity index (χ0n) is 24.8. The average Bonchev–Trinajstić information content (AvgIpc) is 3.14. The van der Waals surface area contributed by atoms with E-state index in [1.54, 1.807) is 12.4 Å². The number of hydrogen-bond acceptors (Lipinski definition) is 4.